The van der Waals surface area contributed by atoms with E-state index < -0.39 is 0 Å². The fourth-order valence-electron chi connectivity index (χ4n) is 8.68. The molecule has 0 radical (unpaired) electrons. The molecule has 0 bridgehead atoms. The van der Waals surface area contributed by atoms with Crippen LogP contribution in [0, 0.1) is 40.4 Å². The molecule has 0 aliphatic heterocycles. The second kappa shape index (κ2) is 9.85. The van der Waals surface area contributed by atoms with E-state index in [1.165, 1.54) is 38.5 Å². The highest BCUT2D eigenvalue weighted by Gasteiger charge is 2.60. The fraction of sp³-hybridized carbons (Fsp3) is 0.926. The summed E-state index contributed by atoms with van der Waals surface area (Å²) in [6.07, 6.45) is 10.4. The summed E-state index contributed by atoms with van der Waals surface area (Å²) in [4.78, 5) is 19.3. The molecule has 0 aromatic carbocycles. The van der Waals surface area contributed by atoms with Gasteiger partial charge in [0.25, 0.3) is 0 Å². The molecule has 6 heteroatoms. The number of aliphatic hydroxyl groups excluding tert-OH is 1. The van der Waals surface area contributed by atoms with Gasteiger partial charge in [0, 0.05) is 26.1 Å². The van der Waals surface area contributed by atoms with Gasteiger partial charge in [0.1, 0.15) is 0 Å². The van der Waals surface area contributed by atoms with Crippen molar-refractivity contribution in [2.45, 2.75) is 91.6 Å². The Morgan fingerprint density at radius 1 is 1.09 bits per heavy atom. The molecule has 0 aromatic rings. The van der Waals surface area contributed by atoms with E-state index in [2.05, 4.69) is 38.2 Å². The molecule has 2 N–H and O–H groups in total. The molecule has 1 amide bonds. The summed E-state index contributed by atoms with van der Waals surface area (Å²) in [5.74, 6) is 3.46. The van der Waals surface area contributed by atoms with E-state index in [0.29, 0.717) is 23.8 Å². The predicted octanol–water partition coefficient (Wildman–Crippen LogP) is 5.06. The van der Waals surface area contributed by atoms with Crippen LogP contribution in [0.25, 0.3) is 0 Å². The number of hydrogen-bond donors (Lipinski definition) is 2. The topological polar surface area (TPSA) is 74.2 Å². The third kappa shape index (κ3) is 4.59. The Balaban J connectivity index is 1.41. The van der Waals surface area contributed by atoms with Gasteiger partial charge in [-0.25, -0.2) is 4.79 Å². The van der Waals surface area contributed by atoms with Crippen LogP contribution in [-0.4, -0.2) is 54.6 Å². The lowest BCUT2D eigenvalue weighted by atomic mass is 9.44. The number of carbonyl (C=O) groups excluding carboxylic acids is 1. The number of rotatable bonds is 6. The molecule has 0 saturated heterocycles. The van der Waals surface area contributed by atoms with Gasteiger partial charge in [0.2, 0.25) is 0 Å². The minimum Gasteiger partial charge on any atom is -0.393 e. The van der Waals surface area contributed by atoms with Crippen LogP contribution in [0.1, 0.15) is 85.5 Å². The minimum absolute atomic E-state index is 0.0760. The molecule has 0 heterocycles. The third-order valence-electron chi connectivity index (χ3n) is 10.6. The number of amides is 1. The first-order chi connectivity index (χ1) is 15.7. The lowest BCUT2D eigenvalue weighted by molar-refractivity contribution is -0.123. The molecule has 188 valence electrons. The second-order valence-electron chi connectivity index (χ2n) is 12.1. The van der Waals surface area contributed by atoms with Gasteiger partial charge in [-0.3, -0.25) is 4.84 Å². The summed E-state index contributed by atoms with van der Waals surface area (Å²) in [6.45, 7) is 11.4. The van der Waals surface area contributed by atoms with Crippen molar-refractivity contribution < 1.29 is 14.7 Å². The molecule has 4 fully saturated rings. The Kier molecular flexibility index (Phi) is 7.45. The van der Waals surface area contributed by atoms with Crippen LogP contribution >= 0.6 is 0 Å². The van der Waals surface area contributed by atoms with E-state index in [9.17, 15) is 9.90 Å². The first-order valence-corrected chi connectivity index (χ1v) is 13.6. The highest BCUT2D eigenvalue weighted by molar-refractivity contribution is 5.85. The zero-order chi connectivity index (χ0) is 23.8. The lowest BCUT2D eigenvalue weighted by Crippen LogP contribution is -2.54. The fourth-order valence-corrected chi connectivity index (χ4v) is 8.68. The lowest BCUT2D eigenvalue weighted by Gasteiger charge is -2.61. The Labute approximate surface area is 200 Å². The minimum atomic E-state index is -0.374. The van der Waals surface area contributed by atoms with Gasteiger partial charge < -0.3 is 15.3 Å². The van der Waals surface area contributed by atoms with Crippen molar-refractivity contribution in [1.82, 2.24) is 10.2 Å². The molecular formula is C27H47N3O3. The Morgan fingerprint density at radius 3 is 2.58 bits per heavy atom. The number of fused-ring (bicyclic) bond motifs is 5. The van der Waals surface area contributed by atoms with Gasteiger partial charge >= 0.3 is 6.09 Å². The number of oxime groups is 1. The molecule has 6 nitrogen and oxygen atoms in total. The van der Waals surface area contributed by atoms with Gasteiger partial charge in [0.05, 0.1) is 11.8 Å². The van der Waals surface area contributed by atoms with Crippen LogP contribution < -0.4 is 5.32 Å². The van der Waals surface area contributed by atoms with E-state index in [-0.39, 0.29) is 17.6 Å². The van der Waals surface area contributed by atoms with E-state index in [4.69, 9.17) is 4.84 Å². The molecule has 0 unspecified atom stereocenters. The van der Waals surface area contributed by atoms with E-state index >= 15 is 0 Å². The zero-order valence-electron chi connectivity index (χ0n) is 21.6. The number of carbonyl (C=O) groups is 1. The average molecular weight is 462 g/mol. The Hall–Kier alpha value is -1.14. The summed E-state index contributed by atoms with van der Waals surface area (Å²) in [5, 5.41) is 17.9. The Bertz CT molecular complexity index is 742. The standard InChI is InChI=1S/C27H47N3O3/c1-6-28-15-16-30(5)25(32)33-29-18(2)22-9-10-23-21-8-7-19-17-20(31)11-13-26(19,3)24(21)12-14-27(22,23)4/h19-24,28,31H,6-17H2,1-5H3/b29-18+/t19-,20+,21-,22+,23-,24-,26-,27+/m0/s1. The highest BCUT2D eigenvalue weighted by Crippen LogP contribution is 2.67. The normalized spacial score (nSPS) is 42.8. The number of hydrogen-bond acceptors (Lipinski definition) is 5. The van der Waals surface area contributed by atoms with Crippen LogP contribution in [0.5, 0.6) is 0 Å². The maximum absolute atomic E-state index is 12.4. The largest absolute Gasteiger partial charge is 0.435 e. The summed E-state index contributed by atoms with van der Waals surface area (Å²) in [6, 6.07) is 0. The van der Waals surface area contributed by atoms with E-state index in [1.807, 2.05) is 0 Å². The zero-order valence-corrected chi connectivity index (χ0v) is 21.6. The van der Waals surface area contributed by atoms with Crippen molar-refractivity contribution in [1.29, 1.82) is 0 Å². The second-order valence-corrected chi connectivity index (χ2v) is 12.1. The molecule has 4 aliphatic carbocycles. The van der Waals surface area contributed by atoms with Crippen LogP contribution in [0.4, 0.5) is 4.79 Å². The first-order valence-electron chi connectivity index (χ1n) is 13.6. The maximum Gasteiger partial charge on any atom is 0.435 e. The molecular weight excluding hydrogens is 414 g/mol. The summed E-state index contributed by atoms with van der Waals surface area (Å²) in [7, 11) is 1.76. The van der Waals surface area contributed by atoms with Gasteiger partial charge in [-0.15, -0.1) is 0 Å². The molecule has 0 spiro atoms. The number of likely N-dealkylation sites (N-methyl/N-ethyl adjacent to an activating group) is 2. The SMILES string of the molecule is CCNCCN(C)C(=O)O/N=C(\C)[C@H]1CC[C@H]2[C@@H]3CC[C@H]4C[C@H](O)CC[C@]4(C)[C@H]3CC[C@]12C. The molecule has 0 aromatic heterocycles. The summed E-state index contributed by atoms with van der Waals surface area (Å²) in [5.41, 5.74) is 1.67. The third-order valence-corrected chi connectivity index (χ3v) is 10.6. The van der Waals surface area contributed by atoms with Crippen molar-refractivity contribution in [2.75, 3.05) is 26.7 Å². The van der Waals surface area contributed by atoms with Crippen LogP contribution in [0.3, 0.4) is 0 Å². The number of aliphatic hydroxyl groups is 1. The van der Waals surface area contributed by atoms with Gasteiger partial charge in [-0.1, -0.05) is 25.9 Å². The Morgan fingerprint density at radius 2 is 1.82 bits per heavy atom. The highest BCUT2D eigenvalue weighted by atomic mass is 16.7. The van der Waals surface area contributed by atoms with E-state index in [0.717, 1.165) is 55.8 Å². The first kappa shape index (κ1) is 25.0. The molecule has 4 aliphatic rings. The van der Waals surface area contributed by atoms with Gasteiger partial charge in [-0.2, -0.15) is 0 Å². The van der Waals surface area contributed by atoms with Crippen molar-refractivity contribution in [3.8, 4) is 0 Å². The monoisotopic (exact) mass is 461 g/mol. The van der Waals surface area contributed by atoms with Crippen molar-refractivity contribution in [2.24, 2.45) is 45.6 Å². The number of nitrogens with zero attached hydrogens (tertiary/aromatic N) is 2. The summed E-state index contributed by atoms with van der Waals surface area (Å²) < 4.78 is 0. The van der Waals surface area contributed by atoms with Gasteiger partial charge in [0.15, 0.2) is 0 Å². The molecule has 4 saturated carbocycles. The predicted molar refractivity (Wildman–Crippen MR) is 132 cm³/mol. The molecule has 33 heavy (non-hydrogen) atoms. The average Bonchev–Trinajstić information content (AvgIpc) is 3.15. The number of nitrogens with one attached hydrogen (secondary N) is 1. The maximum atomic E-state index is 12.4. The van der Waals surface area contributed by atoms with Crippen LogP contribution in [0.15, 0.2) is 5.16 Å². The summed E-state index contributed by atoms with van der Waals surface area (Å²) >= 11 is 0. The quantitative estimate of drug-likeness (QED) is 0.251. The van der Waals surface area contributed by atoms with Crippen molar-refractivity contribution in [3.05, 3.63) is 0 Å². The van der Waals surface area contributed by atoms with Crippen molar-refractivity contribution in [3.63, 3.8) is 0 Å². The van der Waals surface area contributed by atoms with Crippen LogP contribution in [0.2, 0.25) is 0 Å². The van der Waals surface area contributed by atoms with Gasteiger partial charge in [-0.05, 0) is 106 Å². The smallest absolute Gasteiger partial charge is 0.393 e. The molecule has 8 atom stereocenters. The molecule has 4 rings (SSSR count). The van der Waals surface area contributed by atoms with E-state index in [1.54, 1.807) is 11.9 Å². The van der Waals surface area contributed by atoms with Crippen LogP contribution in [-0.2, 0) is 4.84 Å². The van der Waals surface area contributed by atoms with Crippen molar-refractivity contribution >= 4 is 11.8 Å².